The summed E-state index contributed by atoms with van der Waals surface area (Å²) >= 11 is 13.7. The smallest absolute Gasteiger partial charge is 0.144 e. The van der Waals surface area contributed by atoms with Crippen molar-refractivity contribution in [2.75, 3.05) is 23.9 Å². The monoisotopic (exact) mass is 292 g/mol. The number of aromatic nitrogens is 1. The Balaban J connectivity index is 2.14. The van der Waals surface area contributed by atoms with E-state index in [-0.39, 0.29) is 0 Å². The highest BCUT2D eigenvalue weighted by Crippen LogP contribution is 2.22. The molecule has 1 heterocycles. The number of unbranched alkanes of at least 4 members (excludes halogenated alkanes) is 3. The van der Waals surface area contributed by atoms with Gasteiger partial charge in [-0.15, -0.1) is 0 Å². The van der Waals surface area contributed by atoms with Crippen molar-refractivity contribution in [2.45, 2.75) is 25.7 Å². The van der Waals surface area contributed by atoms with E-state index in [0.717, 1.165) is 18.8 Å². The second-order valence-electron chi connectivity index (χ2n) is 3.82. The van der Waals surface area contributed by atoms with E-state index in [9.17, 15) is 0 Å². The molecule has 0 aromatic carbocycles. The highest BCUT2D eigenvalue weighted by atomic mass is 35.5. The molecular formula is C12H18Cl2N2S. The maximum atomic E-state index is 6.00. The number of nitrogens with one attached hydrogen (secondary N) is 1. The van der Waals surface area contributed by atoms with Gasteiger partial charge >= 0.3 is 0 Å². The quantitative estimate of drug-likeness (QED) is 0.702. The molecule has 0 aliphatic carbocycles. The topological polar surface area (TPSA) is 24.9 Å². The van der Waals surface area contributed by atoms with Crippen molar-refractivity contribution < 1.29 is 0 Å². The number of pyridine rings is 1. The van der Waals surface area contributed by atoms with E-state index in [2.05, 4.69) is 16.6 Å². The van der Waals surface area contributed by atoms with Gasteiger partial charge in [0.05, 0.1) is 10.0 Å². The van der Waals surface area contributed by atoms with Crippen LogP contribution in [0.25, 0.3) is 0 Å². The van der Waals surface area contributed by atoms with Crippen LogP contribution >= 0.6 is 35.0 Å². The molecule has 0 radical (unpaired) electrons. The molecule has 0 spiro atoms. The molecule has 17 heavy (non-hydrogen) atoms. The lowest BCUT2D eigenvalue weighted by Gasteiger charge is -2.07. The average Bonchev–Trinajstić information content (AvgIpc) is 2.30. The fraction of sp³-hybridized carbons (Fsp3) is 0.583. The highest BCUT2D eigenvalue weighted by molar-refractivity contribution is 7.98. The SMILES string of the molecule is CSCCCCCCNc1ncc(Cl)cc1Cl. The van der Waals surface area contributed by atoms with Gasteiger partial charge in [0.1, 0.15) is 5.82 Å². The van der Waals surface area contributed by atoms with Gasteiger partial charge in [-0.1, -0.05) is 36.0 Å². The summed E-state index contributed by atoms with van der Waals surface area (Å²) in [6.45, 7) is 0.910. The van der Waals surface area contributed by atoms with Crippen molar-refractivity contribution in [3.05, 3.63) is 22.3 Å². The van der Waals surface area contributed by atoms with Gasteiger partial charge in [-0.05, 0) is 30.9 Å². The zero-order valence-corrected chi connectivity index (χ0v) is 12.3. The number of anilines is 1. The summed E-state index contributed by atoms with van der Waals surface area (Å²) < 4.78 is 0. The van der Waals surface area contributed by atoms with Crippen molar-refractivity contribution in [3.63, 3.8) is 0 Å². The van der Waals surface area contributed by atoms with E-state index in [4.69, 9.17) is 23.2 Å². The first kappa shape index (κ1) is 14.9. The maximum Gasteiger partial charge on any atom is 0.144 e. The van der Waals surface area contributed by atoms with Crippen LogP contribution < -0.4 is 5.32 Å². The molecule has 0 atom stereocenters. The van der Waals surface area contributed by atoms with Crippen LogP contribution in [0.15, 0.2) is 12.3 Å². The third-order valence-corrected chi connectivity index (χ3v) is 3.57. The predicted molar refractivity (Wildman–Crippen MR) is 79.6 cm³/mol. The third kappa shape index (κ3) is 6.39. The van der Waals surface area contributed by atoms with Crippen LogP contribution in [0, 0.1) is 0 Å². The van der Waals surface area contributed by atoms with E-state index in [1.54, 1.807) is 12.3 Å². The molecule has 0 saturated carbocycles. The number of thioether (sulfide) groups is 1. The maximum absolute atomic E-state index is 6.00. The van der Waals surface area contributed by atoms with Gasteiger partial charge in [0.25, 0.3) is 0 Å². The van der Waals surface area contributed by atoms with Crippen LogP contribution in [0.4, 0.5) is 5.82 Å². The van der Waals surface area contributed by atoms with Crippen LogP contribution in [0.2, 0.25) is 10.0 Å². The van der Waals surface area contributed by atoms with E-state index in [1.165, 1.54) is 25.0 Å². The summed E-state index contributed by atoms with van der Waals surface area (Å²) in [5, 5.41) is 4.37. The molecule has 5 heteroatoms. The second-order valence-corrected chi connectivity index (χ2v) is 5.65. The summed E-state index contributed by atoms with van der Waals surface area (Å²) in [5.74, 6) is 1.98. The Morgan fingerprint density at radius 3 is 2.71 bits per heavy atom. The third-order valence-electron chi connectivity index (χ3n) is 2.38. The van der Waals surface area contributed by atoms with Gasteiger partial charge in [0.2, 0.25) is 0 Å². The van der Waals surface area contributed by atoms with E-state index in [0.29, 0.717) is 10.0 Å². The molecule has 1 aromatic rings. The van der Waals surface area contributed by atoms with E-state index in [1.807, 2.05) is 11.8 Å². The van der Waals surface area contributed by atoms with Crippen molar-refractivity contribution >= 4 is 40.8 Å². The van der Waals surface area contributed by atoms with Gasteiger partial charge in [-0.2, -0.15) is 11.8 Å². The Labute approximate surface area is 117 Å². The van der Waals surface area contributed by atoms with Crippen LogP contribution in [-0.2, 0) is 0 Å². The molecule has 0 amide bonds. The fourth-order valence-electron chi connectivity index (χ4n) is 1.48. The minimum absolute atomic E-state index is 0.567. The van der Waals surface area contributed by atoms with Gasteiger partial charge in [0.15, 0.2) is 0 Å². The normalized spacial score (nSPS) is 10.5. The summed E-state index contributed by atoms with van der Waals surface area (Å²) in [4.78, 5) is 4.15. The molecule has 1 aromatic heterocycles. The van der Waals surface area contributed by atoms with Crippen molar-refractivity contribution in [2.24, 2.45) is 0 Å². The molecule has 0 unspecified atom stereocenters. The minimum Gasteiger partial charge on any atom is -0.369 e. The molecular weight excluding hydrogens is 275 g/mol. The van der Waals surface area contributed by atoms with Crippen LogP contribution in [0.3, 0.4) is 0 Å². The molecule has 0 bridgehead atoms. The zero-order valence-electron chi connectivity index (χ0n) is 10.0. The van der Waals surface area contributed by atoms with Crippen molar-refractivity contribution in [3.8, 4) is 0 Å². The Bertz CT molecular complexity index is 334. The first-order valence-corrected chi connectivity index (χ1v) is 7.93. The fourth-order valence-corrected chi connectivity index (χ4v) is 2.42. The molecule has 0 saturated heterocycles. The second kappa shape index (κ2) is 8.90. The number of nitrogens with zero attached hydrogens (tertiary/aromatic N) is 1. The van der Waals surface area contributed by atoms with E-state index >= 15 is 0 Å². The van der Waals surface area contributed by atoms with Crippen LogP contribution in [0.5, 0.6) is 0 Å². The Morgan fingerprint density at radius 2 is 2.00 bits per heavy atom. The first-order valence-electron chi connectivity index (χ1n) is 5.78. The van der Waals surface area contributed by atoms with Gasteiger partial charge in [-0.3, -0.25) is 0 Å². The summed E-state index contributed by atoms with van der Waals surface area (Å²) in [5.41, 5.74) is 0. The van der Waals surface area contributed by atoms with E-state index < -0.39 is 0 Å². The van der Waals surface area contributed by atoms with Gasteiger partial charge < -0.3 is 5.32 Å². The van der Waals surface area contributed by atoms with Gasteiger partial charge in [0, 0.05) is 12.7 Å². The standard InChI is InChI=1S/C12H18Cl2N2S/c1-17-7-5-3-2-4-6-15-12-11(14)8-10(13)9-16-12/h8-9H,2-7H2,1H3,(H,15,16). The molecule has 1 rings (SSSR count). The number of hydrogen-bond acceptors (Lipinski definition) is 3. The lowest BCUT2D eigenvalue weighted by molar-refractivity contribution is 0.688. The number of hydrogen-bond donors (Lipinski definition) is 1. The molecule has 0 aliphatic heterocycles. The van der Waals surface area contributed by atoms with Crippen LogP contribution in [0.1, 0.15) is 25.7 Å². The summed E-state index contributed by atoms with van der Waals surface area (Å²) in [7, 11) is 0. The lowest BCUT2D eigenvalue weighted by Crippen LogP contribution is -2.03. The number of rotatable bonds is 8. The summed E-state index contributed by atoms with van der Waals surface area (Å²) in [6, 6.07) is 1.71. The largest absolute Gasteiger partial charge is 0.369 e. The molecule has 0 fully saturated rings. The van der Waals surface area contributed by atoms with Crippen LogP contribution in [-0.4, -0.2) is 23.5 Å². The molecule has 0 aliphatic rings. The Hall–Kier alpha value is -0.120. The van der Waals surface area contributed by atoms with Gasteiger partial charge in [-0.25, -0.2) is 4.98 Å². The average molecular weight is 293 g/mol. The Morgan fingerprint density at radius 1 is 1.24 bits per heavy atom. The summed E-state index contributed by atoms with van der Waals surface area (Å²) in [6.07, 6.45) is 8.75. The minimum atomic E-state index is 0.567. The molecule has 1 N–H and O–H groups in total. The van der Waals surface area contributed by atoms with Crippen molar-refractivity contribution in [1.29, 1.82) is 0 Å². The van der Waals surface area contributed by atoms with Crippen molar-refractivity contribution in [1.82, 2.24) is 4.98 Å². The molecule has 96 valence electrons. The zero-order chi connectivity index (χ0) is 12.5. The first-order chi connectivity index (χ1) is 8.24. The predicted octanol–water partition coefficient (Wildman–Crippen LogP) is 4.72. The lowest BCUT2D eigenvalue weighted by atomic mass is 10.2. The molecule has 2 nitrogen and oxygen atoms in total. The highest BCUT2D eigenvalue weighted by Gasteiger charge is 2.01. The number of halogens is 2. The Kier molecular flexibility index (Phi) is 7.82.